The van der Waals surface area contributed by atoms with E-state index in [-0.39, 0.29) is 45.2 Å². The highest BCUT2D eigenvalue weighted by atomic mass is 35.5. The minimum Gasteiger partial charge on any atom is -0.393 e. The van der Waals surface area contributed by atoms with E-state index in [1.165, 1.54) is 30.3 Å². The Hall–Kier alpha value is -1.85. The molecule has 1 unspecified atom stereocenters. The van der Waals surface area contributed by atoms with Crippen LogP contribution < -0.4 is 10.0 Å². The molecule has 192 valence electrons. The summed E-state index contributed by atoms with van der Waals surface area (Å²) in [7, 11) is -4.00. The van der Waals surface area contributed by atoms with Crippen LogP contribution in [0.1, 0.15) is 36.8 Å². The molecule has 11 heteroatoms. The highest BCUT2D eigenvalue weighted by Crippen LogP contribution is 2.48. The smallest absolute Gasteiger partial charge is 0.393 e. The highest BCUT2D eigenvalue weighted by Gasteiger charge is 2.46. The second kappa shape index (κ2) is 10.3. The molecule has 6 nitrogen and oxygen atoms in total. The van der Waals surface area contributed by atoms with Crippen molar-refractivity contribution in [1.82, 2.24) is 4.72 Å². The number of rotatable bonds is 8. The summed E-state index contributed by atoms with van der Waals surface area (Å²) in [5, 5.41) is 13.0. The number of anilines is 1. The molecule has 2 fully saturated rings. The first kappa shape index (κ1) is 26.2. The first-order chi connectivity index (χ1) is 16.4. The Bertz CT molecular complexity index is 1140. The maximum atomic E-state index is 12.8. The Morgan fingerprint density at radius 1 is 1.14 bits per heavy atom. The molecule has 1 aliphatic carbocycles. The molecule has 3 N–H and O–H groups in total. The lowest BCUT2D eigenvalue weighted by Crippen LogP contribution is -2.49. The molecule has 0 bridgehead atoms. The van der Waals surface area contributed by atoms with Gasteiger partial charge in [-0.15, -0.1) is 0 Å². The van der Waals surface area contributed by atoms with Crippen LogP contribution in [0.3, 0.4) is 0 Å². The minimum absolute atomic E-state index is 0.00345. The number of aliphatic hydroxyl groups excluding tert-OH is 1. The number of ether oxygens (including phenoxy) is 1. The molecule has 1 saturated heterocycles. The van der Waals surface area contributed by atoms with E-state index in [0.717, 1.165) is 25.7 Å². The fourth-order valence-electron chi connectivity index (χ4n) is 4.74. The van der Waals surface area contributed by atoms with Crippen LogP contribution in [-0.2, 0) is 27.7 Å². The van der Waals surface area contributed by atoms with Gasteiger partial charge in [-0.25, -0.2) is 13.1 Å². The van der Waals surface area contributed by atoms with Gasteiger partial charge in [-0.1, -0.05) is 35.9 Å². The van der Waals surface area contributed by atoms with E-state index >= 15 is 0 Å². The average Bonchev–Trinajstić information content (AvgIpc) is 2.77. The number of halogens is 4. The van der Waals surface area contributed by atoms with Crippen LogP contribution in [0.2, 0.25) is 5.02 Å². The Kier molecular flexibility index (Phi) is 7.68. The lowest BCUT2D eigenvalue weighted by molar-refractivity contribution is -0.137. The second-order valence-corrected chi connectivity index (χ2v) is 11.6. The van der Waals surface area contributed by atoms with Gasteiger partial charge < -0.3 is 15.2 Å². The van der Waals surface area contributed by atoms with E-state index < -0.39 is 22.6 Å². The third-order valence-electron chi connectivity index (χ3n) is 6.69. The van der Waals surface area contributed by atoms with Crippen molar-refractivity contribution in [3.8, 4) is 0 Å². The predicted octanol–water partition coefficient (Wildman–Crippen LogP) is 4.66. The number of hydrogen-bond donors (Lipinski definition) is 3. The minimum atomic E-state index is -4.39. The van der Waals surface area contributed by atoms with Crippen molar-refractivity contribution in [2.75, 3.05) is 18.5 Å². The van der Waals surface area contributed by atoms with E-state index in [2.05, 4.69) is 10.0 Å². The van der Waals surface area contributed by atoms with Gasteiger partial charge in [0.15, 0.2) is 0 Å². The molecule has 2 aromatic rings. The Balaban J connectivity index is 1.33. The number of aliphatic hydroxyl groups is 1. The summed E-state index contributed by atoms with van der Waals surface area (Å²) in [5.41, 5.74) is 0.946. The largest absolute Gasteiger partial charge is 0.393 e. The SMILES string of the molecule is O=S(=O)(NCc1ccccc1CC(F)(F)F)c1ccc(NCC2CCC3(CO2)CC(O)C3)c(Cl)c1. The molecule has 2 aliphatic rings. The molecular formula is C24H28ClF3N2O4S. The van der Waals surface area contributed by atoms with Crippen molar-refractivity contribution in [3.63, 3.8) is 0 Å². The van der Waals surface area contributed by atoms with Crippen molar-refractivity contribution < 1.29 is 31.4 Å². The van der Waals surface area contributed by atoms with Crippen LogP contribution in [0, 0.1) is 5.41 Å². The third-order valence-corrected chi connectivity index (χ3v) is 8.40. The Morgan fingerprint density at radius 2 is 1.86 bits per heavy atom. The molecule has 1 saturated carbocycles. The van der Waals surface area contributed by atoms with Crippen molar-refractivity contribution in [2.24, 2.45) is 5.41 Å². The van der Waals surface area contributed by atoms with Crippen LogP contribution in [0.5, 0.6) is 0 Å². The van der Waals surface area contributed by atoms with Gasteiger partial charge in [0.05, 0.1) is 40.8 Å². The summed E-state index contributed by atoms with van der Waals surface area (Å²) < 4.78 is 72.2. The molecule has 2 aromatic carbocycles. The van der Waals surface area contributed by atoms with Crippen LogP contribution in [0.15, 0.2) is 47.4 Å². The van der Waals surface area contributed by atoms with E-state index in [0.29, 0.717) is 18.8 Å². The lowest BCUT2D eigenvalue weighted by atomic mass is 9.63. The molecule has 0 aromatic heterocycles. The van der Waals surface area contributed by atoms with E-state index in [1.807, 2.05) is 0 Å². The van der Waals surface area contributed by atoms with Gasteiger partial charge in [-0.05, 0) is 60.4 Å². The Labute approximate surface area is 207 Å². The number of benzene rings is 2. The van der Waals surface area contributed by atoms with Crippen LogP contribution in [0.4, 0.5) is 18.9 Å². The van der Waals surface area contributed by atoms with Gasteiger partial charge in [0.1, 0.15) is 0 Å². The van der Waals surface area contributed by atoms with Gasteiger partial charge in [0, 0.05) is 13.1 Å². The maximum absolute atomic E-state index is 12.8. The van der Waals surface area contributed by atoms with Gasteiger partial charge >= 0.3 is 6.18 Å². The maximum Gasteiger partial charge on any atom is 0.393 e. The van der Waals surface area contributed by atoms with Crippen LogP contribution >= 0.6 is 11.6 Å². The quantitative estimate of drug-likeness (QED) is 0.460. The molecule has 35 heavy (non-hydrogen) atoms. The molecule has 1 heterocycles. The fraction of sp³-hybridized carbons (Fsp3) is 0.500. The third kappa shape index (κ3) is 6.68. The second-order valence-electron chi connectivity index (χ2n) is 9.44. The van der Waals surface area contributed by atoms with Crippen molar-refractivity contribution in [3.05, 3.63) is 58.6 Å². The Morgan fingerprint density at radius 3 is 2.46 bits per heavy atom. The lowest BCUT2D eigenvalue weighted by Gasteiger charge is -2.49. The van der Waals surface area contributed by atoms with Gasteiger partial charge in [-0.3, -0.25) is 0 Å². The van der Waals surface area contributed by atoms with E-state index in [1.54, 1.807) is 12.1 Å². The van der Waals surface area contributed by atoms with Gasteiger partial charge in [0.2, 0.25) is 10.0 Å². The zero-order valence-electron chi connectivity index (χ0n) is 18.9. The summed E-state index contributed by atoms with van der Waals surface area (Å²) in [6.45, 7) is 0.863. The van der Waals surface area contributed by atoms with Crippen LogP contribution in [0.25, 0.3) is 0 Å². The molecular weight excluding hydrogens is 505 g/mol. The molecule has 1 spiro atoms. The van der Waals surface area contributed by atoms with Crippen molar-refractivity contribution >= 4 is 27.3 Å². The summed E-state index contributed by atoms with van der Waals surface area (Å²) in [4.78, 5) is -0.0826. The summed E-state index contributed by atoms with van der Waals surface area (Å²) in [6, 6.07) is 10.1. The van der Waals surface area contributed by atoms with Gasteiger partial charge in [0.25, 0.3) is 0 Å². The van der Waals surface area contributed by atoms with Crippen molar-refractivity contribution in [1.29, 1.82) is 0 Å². The summed E-state index contributed by atoms with van der Waals surface area (Å²) >= 11 is 6.31. The number of nitrogens with one attached hydrogen (secondary N) is 2. The number of alkyl halides is 3. The molecule has 0 radical (unpaired) electrons. The average molecular weight is 533 g/mol. The summed E-state index contributed by atoms with van der Waals surface area (Å²) in [5.74, 6) is 0. The number of sulfonamides is 1. The van der Waals surface area contributed by atoms with E-state index in [4.69, 9.17) is 16.3 Å². The monoisotopic (exact) mass is 532 g/mol. The van der Waals surface area contributed by atoms with Gasteiger partial charge in [-0.2, -0.15) is 13.2 Å². The van der Waals surface area contributed by atoms with Crippen LogP contribution in [-0.4, -0.2) is 45.1 Å². The molecule has 1 atom stereocenters. The normalized spacial score (nSPS) is 24.8. The zero-order valence-corrected chi connectivity index (χ0v) is 20.5. The number of hydrogen-bond acceptors (Lipinski definition) is 5. The molecule has 4 rings (SSSR count). The van der Waals surface area contributed by atoms with Crippen molar-refractivity contribution in [2.45, 2.75) is 61.9 Å². The fourth-order valence-corrected chi connectivity index (χ4v) is 6.09. The highest BCUT2D eigenvalue weighted by molar-refractivity contribution is 7.89. The zero-order chi connectivity index (χ0) is 25.3. The van der Waals surface area contributed by atoms with E-state index in [9.17, 15) is 26.7 Å². The predicted molar refractivity (Wildman–Crippen MR) is 127 cm³/mol. The topological polar surface area (TPSA) is 87.7 Å². The molecule has 1 aliphatic heterocycles. The molecule has 0 amide bonds. The standard InChI is InChI=1S/C24H28ClF3N2O4S/c25-21-9-20(35(32,33)30-13-17-4-2-1-3-16(17)10-24(26,27)28)5-6-22(21)29-14-19-7-8-23(15-34-19)11-18(31)12-23/h1-6,9,18-19,29-31H,7-8,10-15H2. The first-order valence-electron chi connectivity index (χ1n) is 11.4. The summed E-state index contributed by atoms with van der Waals surface area (Å²) in [6.07, 6.45) is -2.31. The first-order valence-corrected chi connectivity index (χ1v) is 13.3.